The van der Waals surface area contributed by atoms with Crippen molar-refractivity contribution in [2.24, 2.45) is 0 Å². The van der Waals surface area contributed by atoms with Gasteiger partial charge in [0, 0.05) is 49.7 Å². The van der Waals surface area contributed by atoms with Crippen molar-refractivity contribution in [2.75, 3.05) is 45.1 Å². The third-order valence-corrected chi connectivity index (χ3v) is 10.1. The molecule has 0 bridgehead atoms. The molecule has 0 aliphatic carbocycles. The fraction of sp³-hybridized carbons (Fsp3) is 0.485. The third-order valence-electron chi connectivity index (χ3n) is 8.53. The lowest BCUT2D eigenvalue weighted by Crippen LogP contribution is -2.47. The molecule has 5 rings (SSSR count). The number of anilines is 1. The van der Waals surface area contributed by atoms with E-state index in [4.69, 9.17) is 18.9 Å². The van der Waals surface area contributed by atoms with E-state index >= 15 is 4.39 Å². The van der Waals surface area contributed by atoms with Gasteiger partial charge in [0.05, 0.1) is 30.5 Å². The molecule has 1 amide bonds. The summed E-state index contributed by atoms with van der Waals surface area (Å²) in [5.74, 6) is -0.503. The first kappa shape index (κ1) is 34.2. The highest BCUT2D eigenvalue weighted by atomic mass is 32.2. The van der Waals surface area contributed by atoms with E-state index in [1.165, 1.54) is 13.1 Å². The van der Waals surface area contributed by atoms with Crippen LogP contribution >= 0.6 is 0 Å². The Morgan fingerprint density at radius 2 is 1.96 bits per heavy atom. The Bertz CT molecular complexity index is 1810. The van der Waals surface area contributed by atoms with E-state index in [1.807, 2.05) is 26.8 Å². The van der Waals surface area contributed by atoms with Crippen molar-refractivity contribution in [3.8, 4) is 23.3 Å². The minimum Gasteiger partial charge on any atom is -0.496 e. The zero-order valence-electron chi connectivity index (χ0n) is 27.4. The summed E-state index contributed by atoms with van der Waals surface area (Å²) in [6, 6.07) is 9.02. The van der Waals surface area contributed by atoms with Crippen molar-refractivity contribution in [1.82, 2.24) is 14.2 Å². The molecule has 0 radical (unpaired) electrons. The second kappa shape index (κ2) is 13.1. The Balaban J connectivity index is 1.39. The summed E-state index contributed by atoms with van der Waals surface area (Å²) in [6.07, 6.45) is 3.54. The van der Waals surface area contributed by atoms with E-state index < -0.39 is 27.4 Å². The highest BCUT2D eigenvalue weighted by Gasteiger charge is 2.45. The quantitative estimate of drug-likeness (QED) is 0.309. The summed E-state index contributed by atoms with van der Waals surface area (Å²) >= 11 is 0. The molecule has 1 N–H and O–H groups in total. The number of hydrogen-bond donors (Lipinski definition) is 1. The maximum atomic E-state index is 15.1. The fourth-order valence-corrected chi connectivity index (χ4v) is 6.86. The number of nitriles is 1. The van der Waals surface area contributed by atoms with Crippen LogP contribution in [0, 0.1) is 17.1 Å². The Kier molecular flexibility index (Phi) is 9.54. The van der Waals surface area contributed by atoms with Gasteiger partial charge in [-0.15, -0.1) is 0 Å². The van der Waals surface area contributed by atoms with Crippen LogP contribution in [0.2, 0.25) is 0 Å². The Hall–Kier alpha value is -4.19. The van der Waals surface area contributed by atoms with E-state index in [2.05, 4.69) is 9.71 Å². The molecule has 12 nitrogen and oxygen atoms in total. The zero-order valence-corrected chi connectivity index (χ0v) is 28.2. The molecule has 1 aromatic heterocycles. The minimum absolute atomic E-state index is 0.0203. The van der Waals surface area contributed by atoms with Gasteiger partial charge in [-0.2, -0.15) is 18.0 Å². The number of pyridine rings is 1. The number of fused-ring (bicyclic) bond motifs is 1. The number of nitrogens with one attached hydrogen (secondary N) is 1. The van der Waals surface area contributed by atoms with E-state index in [0.717, 1.165) is 22.4 Å². The predicted octanol–water partition coefficient (Wildman–Crippen LogP) is 5.93. The summed E-state index contributed by atoms with van der Waals surface area (Å²) in [6.45, 7) is 8.93. The van der Waals surface area contributed by atoms with Crippen LogP contribution in [-0.2, 0) is 19.7 Å². The molecule has 2 saturated heterocycles. The van der Waals surface area contributed by atoms with E-state index in [0.29, 0.717) is 49.2 Å². The smallest absolute Gasteiger partial charge is 0.410 e. The lowest BCUT2D eigenvalue weighted by Gasteiger charge is -2.39. The Morgan fingerprint density at radius 1 is 1.23 bits per heavy atom. The van der Waals surface area contributed by atoms with Gasteiger partial charge in [-0.05, 0) is 70.4 Å². The SMILES string of the molecule is CCN(C)S(=O)(=O)Nc1ccc(F)c(Oc2ccc3ncc([C@@H]4COC5(CCN(C(=O)OC(C)(C)C)CC5)C4)c(OC)c3c2)c1C#N. The number of likely N-dealkylation sites (tertiary alicyclic amines) is 1. The topological polar surface area (TPSA) is 143 Å². The van der Waals surface area contributed by atoms with Gasteiger partial charge in [-0.3, -0.25) is 9.71 Å². The summed E-state index contributed by atoms with van der Waals surface area (Å²) in [7, 11) is -1.03. The van der Waals surface area contributed by atoms with Crippen molar-refractivity contribution in [1.29, 1.82) is 5.26 Å². The molecule has 3 heterocycles. The molecule has 14 heteroatoms. The Labute approximate surface area is 274 Å². The van der Waals surface area contributed by atoms with Crippen LogP contribution in [0.3, 0.4) is 0 Å². The molecule has 2 aliphatic rings. The number of carbonyl (C=O) groups excluding carboxylic acids is 1. The number of halogens is 1. The molecule has 47 heavy (non-hydrogen) atoms. The first-order valence-electron chi connectivity index (χ1n) is 15.4. The monoisotopic (exact) mass is 669 g/mol. The Morgan fingerprint density at radius 3 is 2.60 bits per heavy atom. The largest absolute Gasteiger partial charge is 0.496 e. The standard InChI is InChI=1S/C33H40FN5O7S/c1-7-38(5)47(41,42)37-28-11-9-26(34)30(24(28)18-35)45-22-8-10-27-23(16-22)29(43-6)25(19-36-27)21-17-33(44-20-21)12-14-39(15-13-33)31(40)46-32(2,3)4/h8-11,16,19,21,37H,7,12-15,17,20H2,1-6H3/t21-/m0/s1. The summed E-state index contributed by atoms with van der Waals surface area (Å²) in [5.41, 5.74) is 0.110. The van der Waals surface area contributed by atoms with Crippen molar-refractivity contribution < 1.29 is 36.6 Å². The van der Waals surface area contributed by atoms with Gasteiger partial charge in [0.1, 0.15) is 28.7 Å². The van der Waals surface area contributed by atoms with E-state index in [-0.39, 0.29) is 41.2 Å². The van der Waals surface area contributed by atoms with Crippen molar-refractivity contribution in [2.45, 2.75) is 64.1 Å². The first-order valence-corrected chi connectivity index (χ1v) is 16.9. The van der Waals surface area contributed by atoms with Crippen LogP contribution in [0.25, 0.3) is 10.9 Å². The van der Waals surface area contributed by atoms with Crippen LogP contribution in [0.4, 0.5) is 14.9 Å². The molecule has 2 aromatic carbocycles. The highest BCUT2D eigenvalue weighted by Crippen LogP contribution is 2.46. The highest BCUT2D eigenvalue weighted by molar-refractivity contribution is 7.90. The van der Waals surface area contributed by atoms with Crippen LogP contribution < -0.4 is 14.2 Å². The molecule has 252 valence electrons. The van der Waals surface area contributed by atoms with Gasteiger partial charge in [0.2, 0.25) is 0 Å². The maximum Gasteiger partial charge on any atom is 0.410 e. The van der Waals surface area contributed by atoms with Crippen molar-refractivity contribution >= 4 is 32.9 Å². The zero-order chi connectivity index (χ0) is 34.1. The summed E-state index contributed by atoms with van der Waals surface area (Å²) < 4.78 is 67.4. The van der Waals surface area contributed by atoms with Crippen LogP contribution in [-0.4, -0.2) is 80.3 Å². The average molecular weight is 670 g/mol. The number of benzene rings is 2. The van der Waals surface area contributed by atoms with Gasteiger partial charge >= 0.3 is 16.3 Å². The minimum atomic E-state index is -3.98. The van der Waals surface area contributed by atoms with E-state index in [1.54, 1.807) is 43.3 Å². The number of amides is 1. The van der Waals surface area contributed by atoms with Gasteiger partial charge in [0.25, 0.3) is 0 Å². The van der Waals surface area contributed by atoms with Crippen LogP contribution in [0.15, 0.2) is 36.5 Å². The molecule has 0 unspecified atom stereocenters. The molecule has 3 aromatic rings. The normalized spacial score (nSPS) is 17.9. The maximum absolute atomic E-state index is 15.1. The van der Waals surface area contributed by atoms with Gasteiger partial charge in [-0.1, -0.05) is 6.92 Å². The van der Waals surface area contributed by atoms with Crippen LogP contribution in [0.1, 0.15) is 64.0 Å². The predicted molar refractivity (Wildman–Crippen MR) is 173 cm³/mol. The fourth-order valence-electron chi connectivity index (χ4n) is 5.92. The van der Waals surface area contributed by atoms with Crippen LogP contribution in [0.5, 0.6) is 17.2 Å². The molecule has 1 atom stereocenters. The lowest BCUT2D eigenvalue weighted by atomic mass is 9.83. The summed E-state index contributed by atoms with van der Waals surface area (Å²) in [5, 5.41) is 10.5. The third kappa shape index (κ3) is 7.22. The second-order valence-corrected chi connectivity index (χ2v) is 14.6. The number of hydrogen-bond acceptors (Lipinski definition) is 9. The van der Waals surface area contributed by atoms with Crippen molar-refractivity contribution in [3.05, 3.63) is 53.5 Å². The molecule has 1 spiro atoms. The lowest BCUT2D eigenvalue weighted by molar-refractivity contribution is -0.0485. The molecular formula is C33H40FN5O7S. The van der Waals surface area contributed by atoms with Gasteiger partial charge in [0.15, 0.2) is 11.6 Å². The second-order valence-electron chi connectivity index (χ2n) is 12.8. The number of rotatable bonds is 8. The van der Waals surface area contributed by atoms with E-state index in [9.17, 15) is 18.5 Å². The number of methoxy groups -OCH3 is 1. The van der Waals surface area contributed by atoms with Gasteiger partial charge < -0.3 is 23.8 Å². The molecule has 2 fully saturated rings. The number of aromatic nitrogens is 1. The summed E-state index contributed by atoms with van der Waals surface area (Å²) in [4.78, 5) is 18.9. The number of ether oxygens (including phenoxy) is 4. The van der Waals surface area contributed by atoms with Gasteiger partial charge in [-0.25, -0.2) is 9.18 Å². The molecular weight excluding hydrogens is 629 g/mol. The first-order chi connectivity index (χ1) is 22.2. The van der Waals surface area contributed by atoms with Crippen molar-refractivity contribution in [3.63, 3.8) is 0 Å². The number of carbonyl (C=O) groups is 1. The molecule has 2 aliphatic heterocycles. The average Bonchev–Trinajstić information content (AvgIpc) is 3.43. The number of piperidine rings is 1. The number of nitrogens with zero attached hydrogens (tertiary/aromatic N) is 4. The molecule has 0 saturated carbocycles.